The molecule has 1 aromatic rings. The molecule has 0 aliphatic heterocycles. The van der Waals surface area contributed by atoms with Gasteiger partial charge in [0.05, 0.1) is 0 Å². The highest BCUT2D eigenvalue weighted by Gasteiger charge is 2.15. The van der Waals surface area contributed by atoms with Gasteiger partial charge in [0.25, 0.3) is 0 Å². The standard InChI is InChI=1S/C41H62O8S2/c1-32(2)15-9-16-33(3)17-10-18-34(4)19-11-20-35(5)21-12-22-36(6)23-13-24-37(7)25-14-26-38(8)27-28-39-31-40(48-50(42,43)44)29-30-41(39)49-51(45,46)47/h15,17,19,21,23,25,27,29-31H,9-14,16,18,20,22,24,26,28H2,1-8H3,(H,42,43,44)(H,45,46,47)/b33-17+,34-19+,35-21+,36-23+,37-25+,38-27+. The van der Waals surface area contributed by atoms with Gasteiger partial charge in [0, 0.05) is 5.56 Å². The van der Waals surface area contributed by atoms with E-state index in [-0.39, 0.29) is 23.5 Å². The Bertz CT molecular complexity index is 1680. The van der Waals surface area contributed by atoms with Gasteiger partial charge in [0.2, 0.25) is 0 Å². The number of allylic oxidation sites excluding steroid dienone is 14. The molecule has 10 heteroatoms. The highest BCUT2D eigenvalue weighted by atomic mass is 32.3. The van der Waals surface area contributed by atoms with Crippen molar-refractivity contribution in [1.29, 1.82) is 0 Å². The Kier molecular flexibility index (Phi) is 21.7. The predicted molar refractivity (Wildman–Crippen MR) is 212 cm³/mol. The second-order valence-corrected chi connectivity index (χ2v) is 15.9. The largest absolute Gasteiger partial charge is 0.446 e. The zero-order chi connectivity index (χ0) is 38.5. The van der Waals surface area contributed by atoms with E-state index in [1.165, 1.54) is 39.5 Å². The highest BCUT2D eigenvalue weighted by molar-refractivity contribution is 7.81. The van der Waals surface area contributed by atoms with E-state index in [0.717, 1.165) is 94.8 Å². The lowest BCUT2D eigenvalue weighted by atomic mass is 10.0. The lowest BCUT2D eigenvalue weighted by Crippen LogP contribution is -2.10. The summed E-state index contributed by atoms with van der Waals surface area (Å²) in [6, 6.07) is 3.48. The van der Waals surface area contributed by atoms with Crippen LogP contribution in [0.2, 0.25) is 0 Å². The number of hydrogen-bond donors (Lipinski definition) is 2. The Hall–Kier alpha value is -3.18. The van der Waals surface area contributed by atoms with Gasteiger partial charge in [-0.3, -0.25) is 9.11 Å². The third kappa shape index (κ3) is 25.4. The first kappa shape index (κ1) is 45.8. The van der Waals surface area contributed by atoms with Gasteiger partial charge in [0.15, 0.2) is 0 Å². The summed E-state index contributed by atoms with van der Waals surface area (Å²) >= 11 is 0. The smallest absolute Gasteiger partial charge is 0.362 e. The summed E-state index contributed by atoms with van der Waals surface area (Å²) in [5.41, 5.74) is 9.83. The van der Waals surface area contributed by atoms with Crippen LogP contribution in [0.4, 0.5) is 0 Å². The third-order valence-corrected chi connectivity index (χ3v) is 9.14. The van der Waals surface area contributed by atoms with Crippen LogP contribution < -0.4 is 8.37 Å². The molecule has 1 aromatic carbocycles. The molecule has 0 atom stereocenters. The number of benzene rings is 1. The van der Waals surface area contributed by atoms with Crippen LogP contribution >= 0.6 is 0 Å². The Morgan fingerprint density at radius 2 is 0.843 bits per heavy atom. The topological polar surface area (TPSA) is 127 Å². The zero-order valence-electron chi connectivity index (χ0n) is 32.1. The Morgan fingerprint density at radius 1 is 0.510 bits per heavy atom. The van der Waals surface area contributed by atoms with Gasteiger partial charge in [-0.25, -0.2) is 0 Å². The van der Waals surface area contributed by atoms with Crippen molar-refractivity contribution >= 4 is 20.8 Å². The van der Waals surface area contributed by atoms with Crippen LogP contribution in [0.25, 0.3) is 0 Å². The monoisotopic (exact) mass is 746 g/mol. The van der Waals surface area contributed by atoms with Crippen LogP contribution in [0.5, 0.6) is 11.5 Å². The van der Waals surface area contributed by atoms with Crippen molar-refractivity contribution in [2.75, 3.05) is 0 Å². The maximum atomic E-state index is 11.2. The van der Waals surface area contributed by atoms with E-state index in [2.05, 4.69) is 93.3 Å². The van der Waals surface area contributed by atoms with E-state index < -0.39 is 20.8 Å². The van der Waals surface area contributed by atoms with E-state index >= 15 is 0 Å². The van der Waals surface area contributed by atoms with Gasteiger partial charge in [-0.1, -0.05) is 81.5 Å². The first-order chi connectivity index (χ1) is 23.8. The van der Waals surface area contributed by atoms with Crippen molar-refractivity contribution in [2.24, 2.45) is 0 Å². The second-order valence-electron chi connectivity index (χ2n) is 13.8. The molecule has 0 unspecified atom stereocenters. The van der Waals surface area contributed by atoms with Crippen LogP contribution in [0.15, 0.2) is 99.7 Å². The molecular weight excluding hydrogens is 685 g/mol. The SMILES string of the molecule is CC(C)=CCC/C(C)=C/CC/C(C)=C/CC/C(C)=C/CC/C(C)=C/CC/C(C)=C/CC/C(C)=C/Cc1cc(OS(=O)(=O)O)ccc1OS(=O)(=O)O. The third-order valence-electron chi connectivity index (χ3n) is 8.35. The molecule has 0 aliphatic carbocycles. The normalized spacial score (nSPS) is 14.2. The number of hydrogen-bond acceptors (Lipinski definition) is 6. The van der Waals surface area contributed by atoms with Crippen molar-refractivity contribution in [3.8, 4) is 11.5 Å². The van der Waals surface area contributed by atoms with Gasteiger partial charge in [0.1, 0.15) is 11.5 Å². The van der Waals surface area contributed by atoms with Crippen LogP contribution in [-0.4, -0.2) is 25.9 Å². The molecule has 0 radical (unpaired) electrons. The van der Waals surface area contributed by atoms with Crippen molar-refractivity contribution in [3.63, 3.8) is 0 Å². The molecule has 0 spiro atoms. The summed E-state index contributed by atoms with van der Waals surface area (Å²) in [4.78, 5) is 0. The fourth-order valence-corrected chi connectivity index (χ4v) is 6.04. The molecule has 0 amide bonds. The summed E-state index contributed by atoms with van der Waals surface area (Å²) < 4.78 is 71.7. The summed E-state index contributed by atoms with van der Waals surface area (Å²) in [5.74, 6) is -0.399. The Labute approximate surface area is 309 Å². The average Bonchev–Trinajstić information content (AvgIpc) is 2.99. The van der Waals surface area contributed by atoms with Gasteiger partial charge >= 0.3 is 20.8 Å². The van der Waals surface area contributed by atoms with E-state index in [1.807, 2.05) is 13.0 Å². The van der Waals surface area contributed by atoms with Crippen molar-refractivity contribution < 1.29 is 34.3 Å². The van der Waals surface area contributed by atoms with E-state index in [1.54, 1.807) is 0 Å². The van der Waals surface area contributed by atoms with Crippen molar-refractivity contribution in [1.82, 2.24) is 0 Å². The number of rotatable bonds is 24. The van der Waals surface area contributed by atoms with Gasteiger partial charge in [-0.15, -0.1) is 0 Å². The lowest BCUT2D eigenvalue weighted by Gasteiger charge is -2.10. The van der Waals surface area contributed by atoms with Gasteiger partial charge in [-0.2, -0.15) is 16.8 Å². The molecule has 8 nitrogen and oxygen atoms in total. The minimum Gasteiger partial charge on any atom is -0.362 e. The molecule has 2 N–H and O–H groups in total. The lowest BCUT2D eigenvalue weighted by molar-refractivity contribution is 0.379. The van der Waals surface area contributed by atoms with Crippen molar-refractivity contribution in [3.05, 3.63) is 105 Å². The van der Waals surface area contributed by atoms with Gasteiger partial charge < -0.3 is 8.37 Å². The molecule has 0 bridgehead atoms. The maximum absolute atomic E-state index is 11.2. The highest BCUT2D eigenvalue weighted by Crippen LogP contribution is 2.27. The van der Waals surface area contributed by atoms with Crippen LogP contribution in [0.3, 0.4) is 0 Å². The van der Waals surface area contributed by atoms with E-state index in [4.69, 9.17) is 9.11 Å². The van der Waals surface area contributed by atoms with E-state index in [0.29, 0.717) is 0 Å². The molecule has 0 fully saturated rings. The minimum atomic E-state index is -4.79. The fraction of sp³-hybridized carbons (Fsp3) is 0.512. The molecule has 0 aromatic heterocycles. The fourth-order valence-electron chi connectivity index (χ4n) is 5.30. The molecule has 0 aliphatic rings. The second kappa shape index (κ2) is 24.1. The Morgan fingerprint density at radius 3 is 1.18 bits per heavy atom. The van der Waals surface area contributed by atoms with E-state index in [9.17, 15) is 16.8 Å². The summed E-state index contributed by atoms with van der Waals surface area (Å²) in [6.07, 6.45) is 28.6. The Balaban J connectivity index is 2.46. The van der Waals surface area contributed by atoms with Crippen LogP contribution in [0.1, 0.15) is 138 Å². The quantitative estimate of drug-likeness (QED) is 0.0790. The minimum absolute atomic E-state index is 0.177. The maximum Gasteiger partial charge on any atom is 0.446 e. The molecule has 286 valence electrons. The molecular formula is C41H62O8S2. The van der Waals surface area contributed by atoms with Crippen LogP contribution in [0, 0.1) is 0 Å². The zero-order valence-corrected chi connectivity index (χ0v) is 33.8. The molecule has 1 rings (SSSR count). The first-order valence-electron chi connectivity index (χ1n) is 17.9. The first-order valence-corrected chi connectivity index (χ1v) is 20.6. The molecule has 51 heavy (non-hydrogen) atoms. The summed E-state index contributed by atoms with van der Waals surface area (Å²) in [6.45, 7) is 17.3. The summed E-state index contributed by atoms with van der Waals surface area (Å²) in [5, 5.41) is 0. The van der Waals surface area contributed by atoms with Crippen LogP contribution in [-0.2, 0) is 27.2 Å². The molecule has 0 saturated heterocycles. The molecule has 0 heterocycles. The van der Waals surface area contributed by atoms with Gasteiger partial charge in [-0.05, 0) is 157 Å². The predicted octanol–water partition coefficient (Wildman–Crippen LogP) is 11.9. The summed E-state index contributed by atoms with van der Waals surface area (Å²) in [7, 11) is -9.56. The average molecular weight is 747 g/mol. The van der Waals surface area contributed by atoms with Crippen molar-refractivity contribution in [2.45, 2.75) is 139 Å². The molecule has 0 saturated carbocycles.